The van der Waals surface area contributed by atoms with Gasteiger partial charge in [-0.2, -0.15) is 0 Å². The zero-order chi connectivity index (χ0) is 14.4. The van der Waals surface area contributed by atoms with E-state index in [9.17, 15) is 13.2 Å². The summed E-state index contributed by atoms with van der Waals surface area (Å²) < 4.78 is 38.7. The van der Waals surface area contributed by atoms with Crippen molar-refractivity contribution < 1.29 is 18.0 Å². The van der Waals surface area contributed by atoms with Crippen LogP contribution in [0.2, 0.25) is 0 Å². The van der Waals surface area contributed by atoms with Gasteiger partial charge < -0.3 is 4.84 Å². The molecule has 0 aliphatic heterocycles. The number of alkyl halides is 2. The summed E-state index contributed by atoms with van der Waals surface area (Å²) in [6, 6.07) is 12.1. The molecule has 0 radical (unpaired) electrons. The standard InChI is InChI=1S/C15H12F3NO/c16-14-8-4-2-5-11(14)9-19-20-10-12-6-1-3-7-13(12)15(17)18/h1-9,15H,10H2. The zero-order valence-electron chi connectivity index (χ0n) is 10.5. The van der Waals surface area contributed by atoms with Gasteiger partial charge in [-0.1, -0.05) is 47.6 Å². The molecule has 0 aliphatic carbocycles. The molecule has 0 spiro atoms. The van der Waals surface area contributed by atoms with Crippen LogP contribution in [0.25, 0.3) is 0 Å². The molecule has 2 aromatic rings. The maximum Gasteiger partial charge on any atom is 0.264 e. The van der Waals surface area contributed by atoms with E-state index in [1.807, 2.05) is 0 Å². The van der Waals surface area contributed by atoms with Crippen molar-refractivity contribution in [2.45, 2.75) is 13.0 Å². The van der Waals surface area contributed by atoms with Gasteiger partial charge >= 0.3 is 0 Å². The van der Waals surface area contributed by atoms with Crippen molar-refractivity contribution >= 4 is 6.21 Å². The molecule has 2 nitrogen and oxygen atoms in total. The zero-order valence-corrected chi connectivity index (χ0v) is 10.5. The summed E-state index contributed by atoms with van der Waals surface area (Å²) in [4.78, 5) is 4.94. The third kappa shape index (κ3) is 3.60. The minimum absolute atomic E-state index is 0.0893. The first kappa shape index (κ1) is 14.1. The summed E-state index contributed by atoms with van der Waals surface area (Å²) in [6.45, 7) is -0.0918. The second kappa shape index (κ2) is 6.75. The summed E-state index contributed by atoms with van der Waals surface area (Å²) in [6.07, 6.45) is -1.36. The minimum atomic E-state index is -2.56. The molecule has 0 aromatic heterocycles. The molecule has 0 N–H and O–H groups in total. The molecule has 0 bridgehead atoms. The fourth-order valence-corrected chi connectivity index (χ4v) is 1.66. The lowest BCUT2D eigenvalue weighted by atomic mass is 10.1. The summed E-state index contributed by atoms with van der Waals surface area (Å²) in [5, 5.41) is 3.59. The Kier molecular flexibility index (Phi) is 4.76. The Morgan fingerprint density at radius 3 is 2.50 bits per heavy atom. The Labute approximate surface area is 114 Å². The molecule has 5 heteroatoms. The van der Waals surface area contributed by atoms with E-state index in [-0.39, 0.29) is 17.7 Å². The minimum Gasteiger partial charge on any atom is -0.391 e. The number of benzene rings is 2. The number of hydrogen-bond acceptors (Lipinski definition) is 2. The van der Waals surface area contributed by atoms with Crippen molar-refractivity contribution in [3.63, 3.8) is 0 Å². The van der Waals surface area contributed by atoms with Crippen LogP contribution in [-0.2, 0) is 11.4 Å². The fraction of sp³-hybridized carbons (Fsp3) is 0.133. The van der Waals surface area contributed by atoms with Gasteiger partial charge in [0.1, 0.15) is 12.4 Å². The summed E-state index contributed by atoms with van der Waals surface area (Å²) in [5.41, 5.74) is 0.538. The van der Waals surface area contributed by atoms with Gasteiger partial charge in [0.05, 0.1) is 6.21 Å². The monoisotopic (exact) mass is 279 g/mol. The number of rotatable bonds is 5. The molecule has 0 amide bonds. The molecule has 0 saturated heterocycles. The first-order chi connectivity index (χ1) is 9.68. The molecule has 0 fully saturated rings. The maximum absolute atomic E-state index is 13.3. The van der Waals surface area contributed by atoms with Gasteiger partial charge in [-0.25, -0.2) is 13.2 Å². The molecule has 0 heterocycles. The summed E-state index contributed by atoms with van der Waals surface area (Å²) in [5.74, 6) is -0.423. The van der Waals surface area contributed by atoms with Crippen LogP contribution in [0.5, 0.6) is 0 Å². The third-order valence-corrected chi connectivity index (χ3v) is 2.68. The van der Waals surface area contributed by atoms with Crippen LogP contribution in [0.1, 0.15) is 23.1 Å². The normalized spacial score (nSPS) is 11.2. The van der Waals surface area contributed by atoms with Crippen LogP contribution in [0.3, 0.4) is 0 Å². The lowest BCUT2D eigenvalue weighted by Crippen LogP contribution is -1.96. The van der Waals surface area contributed by atoms with E-state index in [4.69, 9.17) is 4.84 Å². The van der Waals surface area contributed by atoms with E-state index in [2.05, 4.69) is 5.16 Å². The summed E-state index contributed by atoms with van der Waals surface area (Å²) >= 11 is 0. The highest BCUT2D eigenvalue weighted by molar-refractivity contribution is 5.79. The Balaban J connectivity index is 1.98. The van der Waals surface area contributed by atoms with Crippen molar-refractivity contribution in [2.75, 3.05) is 0 Å². The number of oxime groups is 1. The molecule has 0 saturated carbocycles. The van der Waals surface area contributed by atoms with Crippen molar-refractivity contribution in [3.8, 4) is 0 Å². The molecule has 20 heavy (non-hydrogen) atoms. The molecule has 0 atom stereocenters. The Morgan fingerprint density at radius 1 is 1.05 bits per heavy atom. The van der Waals surface area contributed by atoms with Gasteiger partial charge in [-0.3, -0.25) is 0 Å². The van der Waals surface area contributed by atoms with Gasteiger partial charge in [0.2, 0.25) is 0 Å². The molecule has 2 aromatic carbocycles. The van der Waals surface area contributed by atoms with Gasteiger partial charge in [0.15, 0.2) is 0 Å². The largest absolute Gasteiger partial charge is 0.391 e. The lowest BCUT2D eigenvalue weighted by Gasteiger charge is -2.06. The van der Waals surface area contributed by atoms with Gasteiger partial charge in [0, 0.05) is 16.7 Å². The predicted octanol–water partition coefficient (Wildman–Crippen LogP) is 4.31. The van der Waals surface area contributed by atoms with E-state index in [1.54, 1.807) is 24.3 Å². The lowest BCUT2D eigenvalue weighted by molar-refractivity contribution is 0.120. The van der Waals surface area contributed by atoms with Crippen LogP contribution in [0.15, 0.2) is 53.7 Å². The predicted molar refractivity (Wildman–Crippen MR) is 70.2 cm³/mol. The van der Waals surface area contributed by atoms with Gasteiger partial charge in [-0.05, 0) is 6.07 Å². The smallest absolute Gasteiger partial charge is 0.264 e. The highest BCUT2D eigenvalue weighted by Crippen LogP contribution is 2.23. The van der Waals surface area contributed by atoms with Crippen molar-refractivity contribution in [3.05, 3.63) is 71.0 Å². The quantitative estimate of drug-likeness (QED) is 0.590. The molecule has 2 rings (SSSR count). The average Bonchev–Trinajstić information content (AvgIpc) is 2.45. The molecule has 0 unspecified atom stereocenters. The average molecular weight is 279 g/mol. The number of nitrogens with zero attached hydrogens (tertiary/aromatic N) is 1. The van der Waals surface area contributed by atoms with E-state index >= 15 is 0 Å². The Morgan fingerprint density at radius 2 is 1.75 bits per heavy atom. The van der Waals surface area contributed by atoms with Crippen LogP contribution in [-0.4, -0.2) is 6.21 Å². The third-order valence-electron chi connectivity index (χ3n) is 2.68. The van der Waals surface area contributed by atoms with Crippen LogP contribution >= 0.6 is 0 Å². The van der Waals surface area contributed by atoms with Gasteiger partial charge in [-0.15, -0.1) is 0 Å². The Hall–Kier alpha value is -2.30. The van der Waals surface area contributed by atoms with Crippen molar-refractivity contribution in [1.29, 1.82) is 0 Å². The Bertz CT molecular complexity index is 599. The van der Waals surface area contributed by atoms with E-state index in [0.29, 0.717) is 5.56 Å². The second-order valence-electron chi connectivity index (χ2n) is 4.03. The SMILES string of the molecule is Fc1ccccc1C=NOCc1ccccc1C(F)F. The highest BCUT2D eigenvalue weighted by atomic mass is 19.3. The molecule has 0 aliphatic rings. The van der Waals surface area contributed by atoms with Crippen molar-refractivity contribution in [2.24, 2.45) is 5.16 Å². The van der Waals surface area contributed by atoms with E-state index in [1.165, 1.54) is 30.5 Å². The number of halogens is 3. The van der Waals surface area contributed by atoms with E-state index in [0.717, 1.165) is 0 Å². The highest BCUT2D eigenvalue weighted by Gasteiger charge is 2.11. The fourth-order valence-electron chi connectivity index (χ4n) is 1.66. The molecular formula is C15H12F3NO. The molecule has 104 valence electrons. The topological polar surface area (TPSA) is 21.6 Å². The summed E-state index contributed by atoms with van der Waals surface area (Å²) in [7, 11) is 0. The van der Waals surface area contributed by atoms with Crippen LogP contribution < -0.4 is 0 Å². The van der Waals surface area contributed by atoms with Crippen molar-refractivity contribution in [1.82, 2.24) is 0 Å². The number of hydrogen-bond donors (Lipinski definition) is 0. The van der Waals surface area contributed by atoms with E-state index < -0.39 is 12.2 Å². The molecular weight excluding hydrogens is 267 g/mol. The first-order valence-electron chi connectivity index (χ1n) is 5.94. The first-order valence-corrected chi connectivity index (χ1v) is 5.94. The van der Waals surface area contributed by atoms with Crippen LogP contribution in [0, 0.1) is 5.82 Å². The second-order valence-corrected chi connectivity index (χ2v) is 4.03. The van der Waals surface area contributed by atoms with Gasteiger partial charge in [0.25, 0.3) is 6.43 Å². The van der Waals surface area contributed by atoms with Crippen LogP contribution in [0.4, 0.5) is 13.2 Å². The maximum atomic E-state index is 13.3.